The third-order valence-electron chi connectivity index (χ3n) is 7.31. The van der Waals surface area contributed by atoms with E-state index in [1.165, 1.54) is 27.6 Å². The number of para-hydroxylation sites is 1. The lowest BCUT2D eigenvalue weighted by atomic mass is 9.62. The summed E-state index contributed by atoms with van der Waals surface area (Å²) in [4.78, 5) is 16.0. The molecule has 2 aliphatic carbocycles. The van der Waals surface area contributed by atoms with Crippen molar-refractivity contribution in [2.75, 3.05) is 13.1 Å². The second-order valence-corrected chi connectivity index (χ2v) is 9.24. The summed E-state index contributed by atoms with van der Waals surface area (Å²) in [5, 5.41) is 4.81. The molecular formula is C25H30N2O2. The summed E-state index contributed by atoms with van der Waals surface area (Å²) in [6.45, 7) is 6.10. The molecule has 2 N–H and O–H groups in total. The second kappa shape index (κ2) is 7.17. The SMILES string of the molecule is CC1=CCCC2(C)CC3OC(=O)C(CNCCc4c[nH]c5ccccc45)C3C=C12. The van der Waals surface area contributed by atoms with Crippen molar-refractivity contribution in [1.82, 2.24) is 10.3 Å². The summed E-state index contributed by atoms with van der Waals surface area (Å²) >= 11 is 0. The number of rotatable bonds is 5. The zero-order chi connectivity index (χ0) is 20.0. The lowest BCUT2D eigenvalue weighted by Crippen LogP contribution is -2.38. The Hall–Kier alpha value is -2.33. The average molecular weight is 391 g/mol. The molecule has 3 aliphatic rings. The quantitative estimate of drug-likeness (QED) is 0.582. The summed E-state index contributed by atoms with van der Waals surface area (Å²) in [6, 6.07) is 8.39. The van der Waals surface area contributed by atoms with Crippen molar-refractivity contribution in [2.45, 2.75) is 45.6 Å². The molecule has 0 amide bonds. The first kappa shape index (κ1) is 18.7. The van der Waals surface area contributed by atoms with Crippen LogP contribution in [0, 0.1) is 17.3 Å². The Balaban J connectivity index is 1.25. The topological polar surface area (TPSA) is 54.1 Å². The van der Waals surface area contributed by atoms with E-state index in [0.717, 1.165) is 32.2 Å². The van der Waals surface area contributed by atoms with E-state index in [2.05, 4.69) is 66.8 Å². The number of hydrogen-bond acceptors (Lipinski definition) is 3. The van der Waals surface area contributed by atoms with Gasteiger partial charge in [-0.15, -0.1) is 0 Å². The molecule has 4 atom stereocenters. The molecule has 2 heterocycles. The number of aromatic amines is 1. The molecule has 2 aromatic rings. The molecule has 1 fully saturated rings. The molecule has 0 radical (unpaired) electrons. The fourth-order valence-corrected chi connectivity index (χ4v) is 5.68. The van der Waals surface area contributed by atoms with E-state index < -0.39 is 0 Å². The molecule has 1 saturated heterocycles. The highest BCUT2D eigenvalue weighted by atomic mass is 16.6. The Labute approximate surface area is 172 Å². The van der Waals surface area contributed by atoms with Crippen LogP contribution in [-0.2, 0) is 16.0 Å². The number of carbonyl (C=O) groups excluding carboxylic acids is 1. The van der Waals surface area contributed by atoms with Crippen LogP contribution in [0.1, 0.15) is 38.7 Å². The third kappa shape index (κ3) is 3.24. The first-order valence-corrected chi connectivity index (χ1v) is 10.9. The van der Waals surface area contributed by atoms with Gasteiger partial charge in [0.25, 0.3) is 0 Å². The van der Waals surface area contributed by atoms with Gasteiger partial charge < -0.3 is 15.0 Å². The van der Waals surface area contributed by atoms with E-state index in [-0.39, 0.29) is 29.3 Å². The van der Waals surface area contributed by atoms with Crippen molar-refractivity contribution < 1.29 is 9.53 Å². The van der Waals surface area contributed by atoms with Gasteiger partial charge in [-0.05, 0) is 61.8 Å². The molecule has 5 rings (SSSR count). The van der Waals surface area contributed by atoms with Gasteiger partial charge in [-0.2, -0.15) is 0 Å². The molecule has 4 unspecified atom stereocenters. The van der Waals surface area contributed by atoms with Crippen molar-refractivity contribution in [2.24, 2.45) is 17.3 Å². The maximum absolute atomic E-state index is 12.6. The van der Waals surface area contributed by atoms with Crippen molar-refractivity contribution in [3.8, 4) is 0 Å². The van der Waals surface area contributed by atoms with Crippen LogP contribution < -0.4 is 5.32 Å². The molecule has 1 aliphatic heterocycles. The highest BCUT2D eigenvalue weighted by molar-refractivity contribution is 5.83. The molecule has 1 aromatic heterocycles. The molecule has 0 spiro atoms. The first-order chi connectivity index (χ1) is 14.0. The number of aromatic nitrogens is 1. The lowest BCUT2D eigenvalue weighted by molar-refractivity contribution is -0.145. The number of ether oxygens (including phenoxy) is 1. The number of H-pyrrole nitrogens is 1. The summed E-state index contributed by atoms with van der Waals surface area (Å²) in [6.07, 6.45) is 11.1. The normalized spacial score (nSPS) is 31.1. The summed E-state index contributed by atoms with van der Waals surface area (Å²) in [7, 11) is 0. The van der Waals surface area contributed by atoms with Gasteiger partial charge >= 0.3 is 5.97 Å². The molecule has 0 saturated carbocycles. The third-order valence-corrected chi connectivity index (χ3v) is 7.31. The van der Waals surface area contributed by atoms with E-state index >= 15 is 0 Å². The Morgan fingerprint density at radius 2 is 2.17 bits per heavy atom. The highest BCUT2D eigenvalue weighted by Crippen LogP contribution is 2.52. The predicted molar refractivity (Wildman–Crippen MR) is 116 cm³/mol. The smallest absolute Gasteiger partial charge is 0.311 e. The van der Waals surface area contributed by atoms with Crippen LogP contribution >= 0.6 is 0 Å². The van der Waals surface area contributed by atoms with Gasteiger partial charge in [-0.25, -0.2) is 0 Å². The van der Waals surface area contributed by atoms with Gasteiger partial charge in [-0.1, -0.05) is 42.8 Å². The molecule has 29 heavy (non-hydrogen) atoms. The van der Waals surface area contributed by atoms with E-state index in [1.54, 1.807) is 0 Å². The van der Waals surface area contributed by atoms with Gasteiger partial charge in [-0.3, -0.25) is 4.79 Å². The zero-order valence-electron chi connectivity index (χ0n) is 17.3. The molecule has 4 nitrogen and oxygen atoms in total. The Morgan fingerprint density at radius 1 is 1.31 bits per heavy atom. The van der Waals surface area contributed by atoms with E-state index in [0.29, 0.717) is 6.54 Å². The number of hydrogen-bond donors (Lipinski definition) is 2. The van der Waals surface area contributed by atoms with Crippen LogP contribution in [0.2, 0.25) is 0 Å². The van der Waals surface area contributed by atoms with Crippen LogP contribution in [0.5, 0.6) is 0 Å². The summed E-state index contributed by atoms with van der Waals surface area (Å²) in [5.74, 6) is 0.0997. The zero-order valence-corrected chi connectivity index (χ0v) is 17.3. The molecule has 0 bridgehead atoms. The van der Waals surface area contributed by atoms with Crippen molar-refractivity contribution in [3.05, 3.63) is 59.3 Å². The highest BCUT2D eigenvalue weighted by Gasteiger charge is 2.50. The molecule has 1 aromatic carbocycles. The number of benzene rings is 1. The Morgan fingerprint density at radius 3 is 3.07 bits per heavy atom. The van der Waals surface area contributed by atoms with Gasteiger partial charge in [0.15, 0.2) is 0 Å². The van der Waals surface area contributed by atoms with E-state index in [4.69, 9.17) is 4.74 Å². The minimum absolute atomic E-state index is 0.0275. The number of fused-ring (bicyclic) bond motifs is 3. The van der Waals surface area contributed by atoms with Gasteiger partial charge in [0.1, 0.15) is 6.10 Å². The summed E-state index contributed by atoms with van der Waals surface area (Å²) < 4.78 is 5.84. The minimum atomic E-state index is -0.0743. The molecule has 152 valence electrons. The average Bonchev–Trinajstić information content (AvgIpc) is 3.24. The van der Waals surface area contributed by atoms with Crippen LogP contribution in [0.4, 0.5) is 0 Å². The number of nitrogens with one attached hydrogen (secondary N) is 2. The monoisotopic (exact) mass is 390 g/mol. The largest absolute Gasteiger partial charge is 0.461 e. The van der Waals surface area contributed by atoms with Gasteiger partial charge in [0.05, 0.1) is 5.92 Å². The fraction of sp³-hybridized carbons (Fsp3) is 0.480. The molecular weight excluding hydrogens is 360 g/mol. The number of carbonyl (C=O) groups is 1. The van der Waals surface area contributed by atoms with Crippen LogP contribution in [0.25, 0.3) is 10.9 Å². The van der Waals surface area contributed by atoms with E-state index in [1.807, 2.05) is 0 Å². The van der Waals surface area contributed by atoms with Gasteiger partial charge in [0.2, 0.25) is 0 Å². The fourth-order valence-electron chi connectivity index (χ4n) is 5.68. The van der Waals surface area contributed by atoms with Crippen LogP contribution in [-0.4, -0.2) is 30.1 Å². The maximum Gasteiger partial charge on any atom is 0.311 e. The Bertz CT molecular complexity index is 1000. The van der Waals surface area contributed by atoms with Crippen molar-refractivity contribution in [1.29, 1.82) is 0 Å². The number of esters is 1. The van der Waals surface area contributed by atoms with Crippen molar-refractivity contribution in [3.63, 3.8) is 0 Å². The standard InChI is InChI=1S/C25H30N2O2/c1-16-6-5-10-25(2)13-23-19(12-21(16)25)20(24(28)29-23)15-26-11-9-17-14-27-22-8-4-3-7-18(17)22/h3-4,6-8,12,14,19-20,23,26-27H,5,9-11,13,15H2,1-2H3. The predicted octanol–water partition coefficient (Wildman–Crippen LogP) is 4.53. The van der Waals surface area contributed by atoms with Gasteiger partial charge in [0, 0.05) is 29.6 Å². The lowest BCUT2D eigenvalue weighted by Gasteiger charge is -2.42. The first-order valence-electron chi connectivity index (χ1n) is 10.9. The second-order valence-electron chi connectivity index (χ2n) is 9.24. The van der Waals surface area contributed by atoms with Crippen LogP contribution in [0.3, 0.4) is 0 Å². The van der Waals surface area contributed by atoms with E-state index in [9.17, 15) is 4.79 Å². The molecule has 4 heteroatoms. The minimum Gasteiger partial charge on any atom is -0.461 e. The number of allylic oxidation sites excluding steroid dienone is 3. The van der Waals surface area contributed by atoms with Crippen molar-refractivity contribution >= 4 is 16.9 Å². The maximum atomic E-state index is 12.6. The van der Waals surface area contributed by atoms with Crippen LogP contribution in [0.15, 0.2) is 53.8 Å². The Kier molecular flexibility index (Phi) is 4.62. The summed E-state index contributed by atoms with van der Waals surface area (Å²) in [5.41, 5.74) is 5.50.